The van der Waals surface area contributed by atoms with E-state index in [2.05, 4.69) is 4.98 Å². The zero-order valence-electron chi connectivity index (χ0n) is 14.4. The second kappa shape index (κ2) is 7.02. The normalized spacial score (nSPS) is 12.4. The van der Waals surface area contributed by atoms with E-state index in [1.165, 1.54) is 6.54 Å². The molecule has 2 aromatic carbocycles. The lowest BCUT2D eigenvalue weighted by molar-refractivity contribution is -0.140. The Hall–Kier alpha value is -2.72. The summed E-state index contributed by atoms with van der Waals surface area (Å²) in [6.45, 7) is 3.22. The Bertz CT molecular complexity index is 1120. The Labute approximate surface area is 158 Å². The molecule has 0 amide bonds. The highest BCUT2D eigenvalue weighted by Gasteiger charge is 2.35. The second-order valence-corrected chi connectivity index (χ2v) is 7.64. The molecule has 0 spiro atoms. The number of nitrogens with zero attached hydrogens (tertiary/aromatic N) is 2. The van der Waals surface area contributed by atoms with Crippen molar-refractivity contribution in [3.63, 3.8) is 0 Å². The summed E-state index contributed by atoms with van der Waals surface area (Å²) >= 11 is 0. The number of rotatable bonds is 4. The van der Waals surface area contributed by atoms with Gasteiger partial charge in [-0.05, 0) is 30.7 Å². The number of sulfonamides is 1. The van der Waals surface area contributed by atoms with Gasteiger partial charge in [0, 0.05) is 6.20 Å². The van der Waals surface area contributed by atoms with Crippen molar-refractivity contribution in [1.82, 2.24) is 9.55 Å². The van der Waals surface area contributed by atoms with Gasteiger partial charge in [-0.1, -0.05) is 29.8 Å². The summed E-state index contributed by atoms with van der Waals surface area (Å²) in [5.41, 5.74) is 0.0233. The summed E-state index contributed by atoms with van der Waals surface area (Å²) in [7, 11) is -4.16. The number of hydrogen-bond acceptors (Lipinski definition) is 3. The van der Waals surface area contributed by atoms with Crippen molar-refractivity contribution < 1.29 is 26.0 Å². The highest BCUT2D eigenvalue weighted by Crippen LogP contribution is 2.33. The van der Waals surface area contributed by atoms with Crippen molar-refractivity contribution in [3.8, 4) is 11.4 Å². The summed E-state index contributed by atoms with van der Waals surface area (Å²) in [6, 6.07) is 9.59. The van der Waals surface area contributed by atoms with E-state index in [-0.39, 0.29) is 11.4 Å². The lowest BCUT2D eigenvalue weighted by Gasteiger charge is -2.09. The number of benzene rings is 2. The van der Waals surface area contributed by atoms with Crippen LogP contribution in [0.2, 0.25) is 0 Å². The van der Waals surface area contributed by atoms with E-state index in [9.17, 15) is 26.0 Å². The lowest BCUT2D eigenvalue weighted by atomic mass is 10.1. The van der Waals surface area contributed by atoms with Gasteiger partial charge in [-0.3, -0.25) is 0 Å². The predicted octanol–water partition coefficient (Wildman–Crippen LogP) is 3.72. The standard InChI is InChI=1S/C18H14F4N3O2S/c1-11-2-4-12(5-3-11)9-25-10-16(18(20,21)22)24-17(25)14-7-6-13(8-15(14)19)28(23,26)27/h2-10H,1H3,(H2,23,26,27). The van der Waals surface area contributed by atoms with Gasteiger partial charge in [0.1, 0.15) is 11.6 Å². The molecule has 0 saturated carbocycles. The van der Waals surface area contributed by atoms with Gasteiger partial charge < -0.3 is 4.57 Å². The van der Waals surface area contributed by atoms with Gasteiger partial charge in [0.2, 0.25) is 10.0 Å². The third kappa shape index (κ3) is 4.23. The predicted molar refractivity (Wildman–Crippen MR) is 94.0 cm³/mol. The molecule has 3 rings (SSSR count). The van der Waals surface area contributed by atoms with Crippen molar-refractivity contribution >= 4 is 10.0 Å². The molecule has 0 aliphatic rings. The minimum absolute atomic E-state index is 0.300. The topological polar surface area (TPSA) is 78.0 Å². The van der Waals surface area contributed by atoms with Gasteiger partial charge >= 0.3 is 6.18 Å². The highest BCUT2D eigenvalue weighted by atomic mass is 32.2. The van der Waals surface area contributed by atoms with Crippen LogP contribution in [0.25, 0.3) is 11.4 Å². The Kier molecular flexibility index (Phi) is 5.02. The number of hydrogen-bond donors (Lipinski definition) is 1. The smallest absolute Gasteiger partial charge is 0.320 e. The molecule has 0 aliphatic carbocycles. The number of alkyl halides is 3. The maximum absolute atomic E-state index is 14.5. The van der Waals surface area contributed by atoms with Crippen molar-refractivity contribution in [3.05, 3.63) is 77.8 Å². The van der Waals surface area contributed by atoms with E-state index in [0.29, 0.717) is 11.6 Å². The molecule has 0 unspecified atom stereocenters. The average Bonchev–Trinajstić information content (AvgIpc) is 3.00. The van der Waals surface area contributed by atoms with Gasteiger partial charge in [0.25, 0.3) is 0 Å². The lowest BCUT2D eigenvalue weighted by Crippen LogP contribution is -2.12. The van der Waals surface area contributed by atoms with Crippen LogP contribution in [-0.2, 0) is 16.2 Å². The molecule has 0 atom stereocenters. The van der Waals surface area contributed by atoms with E-state index in [0.717, 1.165) is 28.5 Å². The summed E-state index contributed by atoms with van der Waals surface area (Å²) < 4.78 is 77.6. The van der Waals surface area contributed by atoms with Gasteiger partial charge in [-0.15, -0.1) is 0 Å². The fourth-order valence-electron chi connectivity index (χ4n) is 2.50. The number of halogens is 4. The first-order valence-electron chi connectivity index (χ1n) is 7.85. The van der Waals surface area contributed by atoms with E-state index >= 15 is 0 Å². The van der Waals surface area contributed by atoms with Crippen LogP contribution in [0.3, 0.4) is 0 Å². The second-order valence-electron chi connectivity index (χ2n) is 6.08. The van der Waals surface area contributed by atoms with E-state index in [1.807, 2.05) is 6.92 Å². The summed E-state index contributed by atoms with van der Waals surface area (Å²) in [6.07, 6.45) is -4.00. The summed E-state index contributed by atoms with van der Waals surface area (Å²) in [5, 5.41) is 4.95. The first-order valence-corrected chi connectivity index (χ1v) is 9.40. The van der Waals surface area contributed by atoms with Crippen LogP contribution in [-0.4, -0.2) is 18.0 Å². The van der Waals surface area contributed by atoms with Crippen molar-refractivity contribution in [2.45, 2.75) is 18.0 Å². The third-order valence-corrected chi connectivity index (χ3v) is 4.81. The van der Waals surface area contributed by atoms with Gasteiger partial charge in [0.15, 0.2) is 5.69 Å². The molecule has 28 heavy (non-hydrogen) atoms. The fourth-order valence-corrected chi connectivity index (χ4v) is 3.02. The molecule has 10 heteroatoms. The van der Waals surface area contributed by atoms with Crippen molar-refractivity contribution in [2.24, 2.45) is 5.14 Å². The van der Waals surface area contributed by atoms with E-state index in [1.54, 1.807) is 24.3 Å². The molecular formula is C18H14F4N3O2S. The minimum atomic E-state index is -4.74. The zero-order chi connectivity index (χ0) is 20.7. The molecule has 5 nitrogen and oxygen atoms in total. The number of imidazole rings is 1. The summed E-state index contributed by atoms with van der Waals surface area (Å²) in [4.78, 5) is 3.01. The van der Waals surface area contributed by atoms with E-state index < -0.39 is 32.6 Å². The van der Waals surface area contributed by atoms with Crippen LogP contribution in [0.15, 0.2) is 53.6 Å². The van der Waals surface area contributed by atoms with Crippen LogP contribution in [0.5, 0.6) is 0 Å². The summed E-state index contributed by atoms with van der Waals surface area (Å²) in [5.74, 6) is -1.39. The molecule has 1 radical (unpaired) electrons. The number of nitrogens with two attached hydrogens (primary N) is 1. The van der Waals surface area contributed by atoms with Crippen molar-refractivity contribution in [2.75, 3.05) is 0 Å². The molecule has 0 fully saturated rings. The maximum atomic E-state index is 14.5. The quantitative estimate of drug-likeness (QED) is 0.664. The van der Waals surface area contributed by atoms with Crippen LogP contribution in [0.4, 0.5) is 17.6 Å². The molecule has 0 aliphatic heterocycles. The Morgan fingerprint density at radius 2 is 1.75 bits per heavy atom. The number of primary sulfonamides is 1. The average molecular weight is 412 g/mol. The van der Waals surface area contributed by atoms with Crippen LogP contribution in [0, 0.1) is 19.3 Å². The Balaban J connectivity index is 2.11. The van der Waals surface area contributed by atoms with Gasteiger partial charge in [-0.2, -0.15) is 13.2 Å². The molecule has 147 valence electrons. The van der Waals surface area contributed by atoms with Crippen LogP contribution in [0.1, 0.15) is 16.8 Å². The molecule has 2 N–H and O–H groups in total. The highest BCUT2D eigenvalue weighted by molar-refractivity contribution is 7.89. The van der Waals surface area contributed by atoms with E-state index in [4.69, 9.17) is 5.14 Å². The molecule has 0 saturated heterocycles. The number of aryl methyl sites for hydroxylation is 1. The number of aromatic nitrogens is 2. The zero-order valence-corrected chi connectivity index (χ0v) is 15.2. The van der Waals surface area contributed by atoms with Crippen molar-refractivity contribution in [1.29, 1.82) is 0 Å². The SMILES string of the molecule is Cc1ccc([CH]n2cc(C(F)(F)F)nc2-c2ccc(S(N)(=O)=O)cc2F)cc1. The van der Waals surface area contributed by atoms with Crippen LogP contribution < -0.4 is 5.14 Å². The Morgan fingerprint density at radius 3 is 2.29 bits per heavy atom. The molecule has 0 bridgehead atoms. The Morgan fingerprint density at radius 1 is 1.11 bits per heavy atom. The monoisotopic (exact) mass is 412 g/mol. The first-order chi connectivity index (χ1) is 12.9. The van der Waals surface area contributed by atoms with Gasteiger partial charge in [-0.25, -0.2) is 22.9 Å². The largest absolute Gasteiger partial charge is 0.434 e. The fraction of sp³-hybridized carbons (Fsp3) is 0.111. The van der Waals surface area contributed by atoms with Crippen LogP contribution >= 0.6 is 0 Å². The first kappa shape index (κ1) is 20.0. The molecule has 3 aromatic rings. The minimum Gasteiger partial charge on any atom is -0.320 e. The molecular weight excluding hydrogens is 398 g/mol. The third-order valence-electron chi connectivity index (χ3n) is 3.90. The van der Waals surface area contributed by atoms with Gasteiger partial charge in [0.05, 0.1) is 17.0 Å². The molecule has 1 aromatic heterocycles. The maximum Gasteiger partial charge on any atom is 0.434 e. The molecule has 1 heterocycles.